The van der Waals surface area contributed by atoms with Gasteiger partial charge in [0.15, 0.2) is 0 Å². The summed E-state index contributed by atoms with van der Waals surface area (Å²) in [6.07, 6.45) is 0. The fourth-order valence-electron chi connectivity index (χ4n) is 1.90. The Hall–Kier alpha value is -1.55. The highest BCUT2D eigenvalue weighted by Gasteiger charge is 1.99. The normalized spacial score (nSPS) is 10.6. The predicted octanol–water partition coefficient (Wildman–Crippen LogP) is 3.66. The van der Waals surface area contributed by atoms with Gasteiger partial charge in [-0.2, -0.15) is 0 Å². The highest BCUT2D eigenvalue weighted by molar-refractivity contribution is 6.30. The van der Waals surface area contributed by atoms with E-state index in [0.717, 1.165) is 29.4 Å². The van der Waals surface area contributed by atoms with Crippen LogP contribution in [0.25, 0.3) is 0 Å². The maximum absolute atomic E-state index is 5.86. The van der Waals surface area contributed by atoms with E-state index in [1.807, 2.05) is 36.4 Å². The standard InChI is InChI=1S/C17H20ClNO2/c1-20-10-9-19-12-15-3-2-4-17(11-15)21-13-14-5-7-16(18)8-6-14/h2-8,11,19H,9-10,12-13H2,1H3. The zero-order chi connectivity index (χ0) is 14.9. The van der Waals surface area contributed by atoms with Crippen LogP contribution in [-0.4, -0.2) is 20.3 Å². The predicted molar refractivity (Wildman–Crippen MR) is 85.8 cm³/mol. The molecule has 0 amide bonds. The van der Waals surface area contributed by atoms with Crippen LogP contribution in [0.15, 0.2) is 48.5 Å². The average molecular weight is 306 g/mol. The van der Waals surface area contributed by atoms with Crippen LogP contribution in [-0.2, 0) is 17.9 Å². The van der Waals surface area contributed by atoms with Gasteiger partial charge < -0.3 is 14.8 Å². The summed E-state index contributed by atoms with van der Waals surface area (Å²) in [5.41, 5.74) is 2.29. The van der Waals surface area contributed by atoms with Gasteiger partial charge in [-0.15, -0.1) is 0 Å². The highest BCUT2D eigenvalue weighted by Crippen LogP contribution is 2.16. The van der Waals surface area contributed by atoms with Gasteiger partial charge in [0.25, 0.3) is 0 Å². The lowest BCUT2D eigenvalue weighted by Crippen LogP contribution is -2.18. The van der Waals surface area contributed by atoms with E-state index in [1.54, 1.807) is 7.11 Å². The van der Waals surface area contributed by atoms with Crippen LogP contribution < -0.4 is 10.1 Å². The Kier molecular flexibility index (Phi) is 6.54. The number of nitrogens with one attached hydrogen (secondary N) is 1. The summed E-state index contributed by atoms with van der Waals surface area (Å²) in [6.45, 7) is 2.90. The monoisotopic (exact) mass is 305 g/mol. The molecule has 0 aliphatic heterocycles. The van der Waals surface area contributed by atoms with Crippen molar-refractivity contribution in [3.05, 3.63) is 64.7 Å². The SMILES string of the molecule is COCCNCc1cccc(OCc2ccc(Cl)cc2)c1. The molecule has 0 spiro atoms. The average Bonchev–Trinajstić information content (AvgIpc) is 2.52. The molecule has 0 fully saturated rings. The van der Waals surface area contributed by atoms with E-state index in [2.05, 4.69) is 17.4 Å². The zero-order valence-corrected chi connectivity index (χ0v) is 12.9. The molecule has 2 aromatic carbocycles. The molecule has 2 aromatic rings. The lowest BCUT2D eigenvalue weighted by Gasteiger charge is -2.09. The molecule has 0 atom stereocenters. The van der Waals surface area contributed by atoms with Crippen molar-refractivity contribution < 1.29 is 9.47 Å². The highest BCUT2D eigenvalue weighted by atomic mass is 35.5. The van der Waals surface area contributed by atoms with E-state index in [9.17, 15) is 0 Å². The second-order valence-electron chi connectivity index (χ2n) is 4.73. The molecule has 0 aromatic heterocycles. The minimum Gasteiger partial charge on any atom is -0.489 e. The van der Waals surface area contributed by atoms with E-state index in [-0.39, 0.29) is 0 Å². The first-order valence-electron chi connectivity index (χ1n) is 6.94. The number of halogens is 1. The van der Waals surface area contributed by atoms with E-state index < -0.39 is 0 Å². The van der Waals surface area contributed by atoms with Gasteiger partial charge in [0.2, 0.25) is 0 Å². The van der Waals surface area contributed by atoms with Crippen molar-refractivity contribution in [2.75, 3.05) is 20.3 Å². The molecule has 0 aliphatic carbocycles. The Morgan fingerprint density at radius 1 is 1.05 bits per heavy atom. The summed E-state index contributed by atoms with van der Waals surface area (Å²) in [4.78, 5) is 0. The fourth-order valence-corrected chi connectivity index (χ4v) is 2.03. The second kappa shape index (κ2) is 8.67. The molecule has 0 unspecified atom stereocenters. The van der Waals surface area contributed by atoms with Gasteiger partial charge in [-0.05, 0) is 35.4 Å². The maximum atomic E-state index is 5.86. The number of rotatable bonds is 8. The Bertz CT molecular complexity index is 543. The van der Waals surface area contributed by atoms with Gasteiger partial charge in [0.1, 0.15) is 12.4 Å². The molecule has 0 heterocycles. The van der Waals surface area contributed by atoms with E-state index in [4.69, 9.17) is 21.1 Å². The van der Waals surface area contributed by atoms with Crippen LogP contribution in [0.4, 0.5) is 0 Å². The number of benzene rings is 2. The third-order valence-corrected chi connectivity index (χ3v) is 3.28. The van der Waals surface area contributed by atoms with Crippen LogP contribution in [0, 0.1) is 0 Å². The van der Waals surface area contributed by atoms with Crippen molar-refractivity contribution in [2.45, 2.75) is 13.2 Å². The Labute approximate surface area is 130 Å². The van der Waals surface area contributed by atoms with Gasteiger partial charge in [-0.1, -0.05) is 35.9 Å². The van der Waals surface area contributed by atoms with Crippen LogP contribution in [0.3, 0.4) is 0 Å². The Balaban J connectivity index is 1.84. The van der Waals surface area contributed by atoms with Gasteiger partial charge in [-0.25, -0.2) is 0 Å². The number of hydrogen-bond donors (Lipinski definition) is 1. The Morgan fingerprint density at radius 2 is 1.86 bits per heavy atom. The molecule has 1 N–H and O–H groups in total. The summed E-state index contributed by atoms with van der Waals surface area (Å²) in [5, 5.41) is 4.05. The van der Waals surface area contributed by atoms with Crippen LogP contribution in [0.2, 0.25) is 5.02 Å². The quantitative estimate of drug-likeness (QED) is 0.755. The molecule has 4 heteroatoms. The molecule has 112 valence electrons. The maximum Gasteiger partial charge on any atom is 0.120 e. The Morgan fingerprint density at radius 3 is 2.62 bits per heavy atom. The first-order chi connectivity index (χ1) is 10.3. The van der Waals surface area contributed by atoms with Crippen LogP contribution in [0.5, 0.6) is 5.75 Å². The number of methoxy groups -OCH3 is 1. The van der Waals surface area contributed by atoms with Crippen LogP contribution >= 0.6 is 11.6 Å². The van der Waals surface area contributed by atoms with Crippen LogP contribution in [0.1, 0.15) is 11.1 Å². The largest absolute Gasteiger partial charge is 0.489 e. The van der Waals surface area contributed by atoms with Crippen molar-refractivity contribution in [1.29, 1.82) is 0 Å². The first-order valence-corrected chi connectivity index (χ1v) is 7.31. The summed E-state index contributed by atoms with van der Waals surface area (Å²) in [7, 11) is 1.70. The van der Waals surface area contributed by atoms with Crippen molar-refractivity contribution >= 4 is 11.6 Å². The minimum atomic E-state index is 0.539. The van der Waals surface area contributed by atoms with Crippen molar-refractivity contribution in [2.24, 2.45) is 0 Å². The molecule has 0 saturated heterocycles. The lowest BCUT2D eigenvalue weighted by atomic mass is 10.2. The summed E-state index contributed by atoms with van der Waals surface area (Å²) in [5.74, 6) is 0.871. The molecule has 2 rings (SSSR count). The lowest BCUT2D eigenvalue weighted by molar-refractivity contribution is 0.199. The number of hydrogen-bond acceptors (Lipinski definition) is 3. The topological polar surface area (TPSA) is 30.5 Å². The van der Waals surface area contributed by atoms with Crippen molar-refractivity contribution in [3.8, 4) is 5.75 Å². The van der Waals surface area contributed by atoms with E-state index in [1.165, 1.54) is 5.56 Å². The summed E-state index contributed by atoms with van der Waals surface area (Å²) < 4.78 is 10.8. The van der Waals surface area contributed by atoms with E-state index >= 15 is 0 Å². The van der Waals surface area contributed by atoms with Gasteiger partial charge in [-0.3, -0.25) is 0 Å². The minimum absolute atomic E-state index is 0.539. The first kappa shape index (κ1) is 15.8. The smallest absolute Gasteiger partial charge is 0.120 e. The summed E-state index contributed by atoms with van der Waals surface area (Å²) >= 11 is 5.86. The molecular weight excluding hydrogens is 286 g/mol. The zero-order valence-electron chi connectivity index (χ0n) is 12.1. The van der Waals surface area contributed by atoms with Gasteiger partial charge in [0, 0.05) is 25.2 Å². The van der Waals surface area contributed by atoms with E-state index in [0.29, 0.717) is 13.2 Å². The van der Waals surface area contributed by atoms with Gasteiger partial charge >= 0.3 is 0 Å². The second-order valence-corrected chi connectivity index (χ2v) is 5.17. The van der Waals surface area contributed by atoms with Crippen molar-refractivity contribution in [1.82, 2.24) is 5.32 Å². The number of ether oxygens (including phenoxy) is 2. The molecule has 21 heavy (non-hydrogen) atoms. The molecule has 0 saturated carbocycles. The molecule has 0 bridgehead atoms. The molecular formula is C17H20ClNO2. The van der Waals surface area contributed by atoms with Crippen molar-refractivity contribution in [3.63, 3.8) is 0 Å². The fraction of sp³-hybridized carbons (Fsp3) is 0.294. The third-order valence-electron chi connectivity index (χ3n) is 3.03. The molecule has 0 radical (unpaired) electrons. The summed E-state index contributed by atoms with van der Waals surface area (Å²) in [6, 6.07) is 15.8. The molecule has 0 aliphatic rings. The van der Waals surface area contributed by atoms with Gasteiger partial charge in [0.05, 0.1) is 6.61 Å². The third kappa shape index (κ3) is 5.76. The molecule has 3 nitrogen and oxygen atoms in total.